The maximum absolute atomic E-state index is 10.6. The van der Waals surface area contributed by atoms with Gasteiger partial charge in [-0.05, 0) is 91.7 Å². The number of piperazine rings is 2. The van der Waals surface area contributed by atoms with E-state index >= 15 is 0 Å². The number of aromatic nitrogens is 2. The third kappa shape index (κ3) is 9.62. The number of piperidine rings is 1. The average Bonchev–Trinajstić information content (AvgIpc) is 3.16. The molecule has 3 aromatic rings. The van der Waals surface area contributed by atoms with E-state index in [4.69, 9.17) is 31.2 Å². The quantitative estimate of drug-likeness (QED) is 0.293. The van der Waals surface area contributed by atoms with Gasteiger partial charge in [-0.15, -0.1) is 0 Å². The molecule has 7 rings (SSSR count). The topological polar surface area (TPSA) is 121 Å². The van der Waals surface area contributed by atoms with Crippen LogP contribution in [0.25, 0.3) is 0 Å². The Balaban J connectivity index is 0.000000649. The Morgan fingerprint density at radius 1 is 0.963 bits per heavy atom. The van der Waals surface area contributed by atoms with E-state index in [0.29, 0.717) is 22.6 Å². The van der Waals surface area contributed by atoms with Crippen LogP contribution in [0.15, 0.2) is 54.7 Å². The molecule has 1 saturated carbocycles. The molecule has 1 spiro atoms. The van der Waals surface area contributed by atoms with Crippen LogP contribution in [0.4, 0.5) is 19.1 Å². The Bertz CT molecular complexity index is 1770. The van der Waals surface area contributed by atoms with Crippen LogP contribution in [0.1, 0.15) is 61.9 Å². The Hall–Kier alpha value is -4.00. The van der Waals surface area contributed by atoms with Gasteiger partial charge in [0.05, 0.1) is 17.3 Å². The van der Waals surface area contributed by atoms with Crippen molar-refractivity contribution in [1.29, 1.82) is 5.26 Å². The summed E-state index contributed by atoms with van der Waals surface area (Å²) >= 11 is 6.29. The molecule has 11 nitrogen and oxygen atoms in total. The SMILES string of the molecule is CC(C)(c1ccc(OCc2ccnc(N3CCN(N4CCN(C5CC6(CCNCC6)C5)CC4)CC3)n2)cc1)c1cc(Cl)cc(C#N)c1.O=C(O)C(F)(F)F. The highest BCUT2D eigenvalue weighted by molar-refractivity contribution is 6.30. The minimum atomic E-state index is -5.08. The van der Waals surface area contributed by atoms with Crippen molar-refractivity contribution in [3.63, 3.8) is 0 Å². The molecule has 0 amide bonds. The minimum Gasteiger partial charge on any atom is -0.487 e. The number of nitrogens with zero attached hydrogens (tertiary/aromatic N) is 7. The number of nitriles is 1. The standard InChI is InChI=1S/C37H47ClN8O.C2HF3O2/c1-36(2,30-21-28(26-39)22-31(38)23-30)29-3-5-34(6-4-29)47-27-32-7-10-41-35(42-32)44-15-19-46(20-16-44)45-17-13-43(14-18-45)33-24-37(25-33)8-11-40-12-9-37;3-2(4,5)1(6)7/h3-7,10,21-23,33,40H,8-9,11-20,24-25,27H2,1-2H3;(H,6,7). The molecule has 3 aliphatic heterocycles. The van der Waals surface area contributed by atoms with Gasteiger partial charge in [0, 0.05) is 75.0 Å². The average molecular weight is 769 g/mol. The van der Waals surface area contributed by atoms with E-state index in [-0.39, 0.29) is 5.41 Å². The second-order valence-corrected chi connectivity index (χ2v) is 15.6. The summed E-state index contributed by atoms with van der Waals surface area (Å²) in [5.41, 5.74) is 3.88. The molecule has 0 unspecified atom stereocenters. The van der Waals surface area contributed by atoms with Gasteiger partial charge in [0.2, 0.25) is 5.95 Å². The van der Waals surface area contributed by atoms with Gasteiger partial charge >= 0.3 is 12.1 Å². The molecule has 290 valence electrons. The molecular weight excluding hydrogens is 721 g/mol. The third-order valence-electron chi connectivity index (χ3n) is 11.4. The zero-order chi connectivity index (χ0) is 38.5. The maximum atomic E-state index is 10.6. The largest absolute Gasteiger partial charge is 0.490 e. The zero-order valence-electron chi connectivity index (χ0n) is 30.8. The smallest absolute Gasteiger partial charge is 0.487 e. The fourth-order valence-corrected chi connectivity index (χ4v) is 8.26. The van der Waals surface area contributed by atoms with Crippen LogP contribution in [-0.4, -0.2) is 114 Å². The lowest BCUT2D eigenvalue weighted by atomic mass is 9.60. The Morgan fingerprint density at radius 2 is 1.57 bits per heavy atom. The van der Waals surface area contributed by atoms with Crippen molar-refractivity contribution in [3.8, 4) is 11.8 Å². The van der Waals surface area contributed by atoms with Gasteiger partial charge in [-0.1, -0.05) is 37.6 Å². The van der Waals surface area contributed by atoms with Crippen LogP contribution in [0.5, 0.6) is 5.75 Å². The highest BCUT2D eigenvalue weighted by Crippen LogP contribution is 2.50. The number of halogens is 4. The predicted octanol–water partition coefficient (Wildman–Crippen LogP) is 5.73. The van der Waals surface area contributed by atoms with E-state index in [1.807, 2.05) is 36.5 Å². The van der Waals surface area contributed by atoms with E-state index in [0.717, 1.165) is 73.8 Å². The van der Waals surface area contributed by atoms with Crippen molar-refractivity contribution in [2.75, 3.05) is 70.3 Å². The molecule has 3 saturated heterocycles. The van der Waals surface area contributed by atoms with Crippen LogP contribution in [0.2, 0.25) is 5.02 Å². The van der Waals surface area contributed by atoms with Gasteiger partial charge in [-0.25, -0.2) is 24.8 Å². The second-order valence-electron chi connectivity index (χ2n) is 15.2. The molecule has 0 atom stereocenters. The highest BCUT2D eigenvalue weighted by Gasteiger charge is 2.47. The fraction of sp³-hybridized carbons (Fsp3) is 0.538. The number of carboxylic acid groups (broad SMARTS) is 1. The first-order chi connectivity index (χ1) is 25.7. The van der Waals surface area contributed by atoms with E-state index < -0.39 is 12.1 Å². The lowest BCUT2D eigenvalue weighted by Gasteiger charge is -2.56. The number of aliphatic carboxylic acids is 1. The summed E-state index contributed by atoms with van der Waals surface area (Å²) in [5.74, 6) is -1.19. The van der Waals surface area contributed by atoms with E-state index in [1.165, 1.54) is 51.9 Å². The molecule has 0 radical (unpaired) electrons. The number of ether oxygens (including phenoxy) is 1. The summed E-state index contributed by atoms with van der Waals surface area (Å²) in [6.07, 6.45) is 2.34. The van der Waals surface area contributed by atoms with E-state index in [9.17, 15) is 18.4 Å². The van der Waals surface area contributed by atoms with Gasteiger partial charge in [-0.2, -0.15) is 18.4 Å². The first-order valence-corrected chi connectivity index (χ1v) is 18.9. The number of rotatable bonds is 8. The summed E-state index contributed by atoms with van der Waals surface area (Å²) in [6, 6.07) is 18.6. The van der Waals surface area contributed by atoms with E-state index in [2.05, 4.69) is 62.2 Å². The summed E-state index contributed by atoms with van der Waals surface area (Å²) in [5, 5.41) is 25.7. The van der Waals surface area contributed by atoms with Crippen LogP contribution in [-0.2, 0) is 16.8 Å². The fourth-order valence-electron chi connectivity index (χ4n) is 8.03. The van der Waals surface area contributed by atoms with Crippen molar-refractivity contribution in [1.82, 2.24) is 30.2 Å². The molecule has 1 aromatic heterocycles. The van der Waals surface area contributed by atoms with Crippen LogP contribution in [0.3, 0.4) is 0 Å². The number of alkyl halides is 3. The first-order valence-electron chi connectivity index (χ1n) is 18.5. The summed E-state index contributed by atoms with van der Waals surface area (Å²) < 4.78 is 37.9. The number of benzene rings is 2. The van der Waals surface area contributed by atoms with Gasteiger partial charge in [-0.3, -0.25) is 4.90 Å². The normalized spacial score (nSPS) is 20.1. The van der Waals surface area contributed by atoms with Crippen molar-refractivity contribution in [2.45, 2.75) is 63.8 Å². The van der Waals surface area contributed by atoms with Gasteiger partial charge < -0.3 is 20.1 Å². The van der Waals surface area contributed by atoms with Gasteiger partial charge in [0.1, 0.15) is 12.4 Å². The number of carbonyl (C=O) groups is 1. The molecule has 4 heterocycles. The number of hydrogen-bond donors (Lipinski definition) is 2. The number of anilines is 1. The minimum absolute atomic E-state index is 0.318. The molecule has 1 aliphatic carbocycles. The highest BCUT2D eigenvalue weighted by atomic mass is 35.5. The molecule has 0 bridgehead atoms. The van der Waals surface area contributed by atoms with Crippen molar-refractivity contribution >= 4 is 23.5 Å². The summed E-state index contributed by atoms with van der Waals surface area (Å²) in [6.45, 7) is 15.6. The predicted molar refractivity (Wildman–Crippen MR) is 199 cm³/mol. The van der Waals surface area contributed by atoms with Crippen LogP contribution >= 0.6 is 11.6 Å². The lowest BCUT2D eigenvalue weighted by molar-refractivity contribution is -0.192. The van der Waals surface area contributed by atoms with Crippen LogP contribution < -0.4 is 15.0 Å². The summed E-state index contributed by atoms with van der Waals surface area (Å²) in [7, 11) is 0. The number of hydrogen-bond acceptors (Lipinski definition) is 10. The molecule has 2 aromatic carbocycles. The van der Waals surface area contributed by atoms with E-state index in [1.54, 1.807) is 6.07 Å². The van der Waals surface area contributed by atoms with Crippen LogP contribution in [0, 0.1) is 16.7 Å². The molecule has 4 fully saturated rings. The van der Waals surface area contributed by atoms with Crippen molar-refractivity contribution in [2.24, 2.45) is 5.41 Å². The summed E-state index contributed by atoms with van der Waals surface area (Å²) in [4.78, 5) is 23.4. The Labute approximate surface area is 319 Å². The van der Waals surface area contributed by atoms with Crippen molar-refractivity contribution < 1.29 is 27.8 Å². The van der Waals surface area contributed by atoms with Crippen molar-refractivity contribution in [3.05, 3.63) is 82.1 Å². The van der Waals surface area contributed by atoms with Gasteiger partial charge in [0.15, 0.2) is 0 Å². The zero-order valence-corrected chi connectivity index (χ0v) is 31.5. The molecule has 2 N–H and O–H groups in total. The Morgan fingerprint density at radius 3 is 2.17 bits per heavy atom. The number of carboxylic acids is 1. The number of hydrazine groups is 1. The molecular formula is C39H48ClF3N8O3. The Kier molecular flexibility index (Phi) is 12.3. The first kappa shape index (κ1) is 39.7. The monoisotopic (exact) mass is 768 g/mol. The lowest BCUT2D eigenvalue weighted by Crippen LogP contribution is -2.62. The number of nitrogens with one attached hydrogen (secondary N) is 1. The van der Waals surface area contributed by atoms with Gasteiger partial charge in [0.25, 0.3) is 0 Å². The molecule has 15 heteroatoms. The third-order valence-corrected chi connectivity index (χ3v) is 11.6. The molecule has 4 aliphatic rings. The second kappa shape index (κ2) is 16.8. The molecule has 54 heavy (non-hydrogen) atoms. The maximum Gasteiger partial charge on any atom is 0.490 e.